The first kappa shape index (κ1) is 32.9. The molecule has 0 fully saturated rings. The van der Waals surface area contributed by atoms with Crippen molar-refractivity contribution >= 4 is 37.3 Å². The minimum absolute atomic E-state index is 0.109. The van der Waals surface area contributed by atoms with Crippen LogP contribution in [0.25, 0.3) is 0 Å². The molecule has 0 spiro atoms. The van der Waals surface area contributed by atoms with E-state index in [4.69, 9.17) is 0 Å². The summed E-state index contributed by atoms with van der Waals surface area (Å²) in [5, 5.41) is 0. The van der Waals surface area contributed by atoms with E-state index in [1.807, 2.05) is 45.1 Å². The van der Waals surface area contributed by atoms with Gasteiger partial charge in [-0.15, -0.1) is 0 Å². The van der Waals surface area contributed by atoms with Gasteiger partial charge in [-0.05, 0) is 69.2 Å². The molecule has 0 aromatic heterocycles. The summed E-state index contributed by atoms with van der Waals surface area (Å²) >= 11 is 0. The number of fused-ring (bicyclic) bond motifs is 2. The van der Waals surface area contributed by atoms with Crippen LogP contribution < -0.4 is 4.90 Å². The fourth-order valence-corrected chi connectivity index (χ4v) is 7.26. The van der Waals surface area contributed by atoms with Gasteiger partial charge in [0.05, 0.1) is 15.2 Å². The van der Waals surface area contributed by atoms with Crippen molar-refractivity contribution in [3.05, 3.63) is 83.6 Å². The number of benzene rings is 2. The first-order valence-electron chi connectivity index (χ1n) is 14.8. The van der Waals surface area contributed by atoms with Gasteiger partial charge in [0.2, 0.25) is 5.69 Å². The third-order valence-electron chi connectivity index (χ3n) is 8.60. The minimum Gasteiger partial charge on any atom is -0.744 e. The van der Waals surface area contributed by atoms with Gasteiger partial charge in [-0.3, -0.25) is 4.55 Å². The molecule has 0 saturated carbocycles. The van der Waals surface area contributed by atoms with Gasteiger partial charge in [-0.1, -0.05) is 51.8 Å². The molecule has 2 aliphatic rings. The Hall–Kier alpha value is -3.05. The second-order valence-corrected chi connectivity index (χ2v) is 15.0. The fourth-order valence-electron chi connectivity index (χ4n) is 6.26. The van der Waals surface area contributed by atoms with Gasteiger partial charge < -0.3 is 9.45 Å². The predicted octanol–water partition coefficient (Wildman–Crippen LogP) is 6.61. The maximum Gasteiger partial charge on any atom is 0.294 e. The highest BCUT2D eigenvalue weighted by molar-refractivity contribution is 7.86. The number of rotatable bonds is 11. The molecule has 0 atom stereocenters. The highest BCUT2D eigenvalue weighted by Gasteiger charge is 2.45. The van der Waals surface area contributed by atoms with Crippen LogP contribution in [-0.2, 0) is 31.1 Å². The molecule has 0 aliphatic carbocycles. The molecule has 1 N–H and O–H groups in total. The van der Waals surface area contributed by atoms with E-state index < -0.39 is 31.1 Å². The first-order chi connectivity index (χ1) is 20.0. The summed E-state index contributed by atoms with van der Waals surface area (Å²) in [6.07, 6.45) is 14.3. The highest BCUT2D eigenvalue weighted by Crippen LogP contribution is 2.48. The highest BCUT2D eigenvalue weighted by atomic mass is 32.2. The Bertz CT molecular complexity index is 1750. The Labute approximate surface area is 256 Å². The predicted molar refractivity (Wildman–Crippen MR) is 170 cm³/mol. The second-order valence-electron chi connectivity index (χ2n) is 12.2. The summed E-state index contributed by atoms with van der Waals surface area (Å²) in [5.74, 6) is 0. The van der Waals surface area contributed by atoms with E-state index in [2.05, 4.69) is 36.3 Å². The molecule has 8 nitrogen and oxygen atoms in total. The third-order valence-corrected chi connectivity index (χ3v) is 10.3. The zero-order valence-electron chi connectivity index (χ0n) is 25.8. The van der Waals surface area contributed by atoms with Gasteiger partial charge in [0.15, 0.2) is 5.71 Å². The molecule has 10 heteroatoms. The molecule has 0 saturated heterocycles. The quantitative estimate of drug-likeness (QED) is 0.129. The van der Waals surface area contributed by atoms with E-state index in [1.54, 1.807) is 18.2 Å². The smallest absolute Gasteiger partial charge is 0.294 e. The minimum atomic E-state index is -4.56. The fraction of sp³-hybridized carbons (Fsp3) is 0.424. The van der Waals surface area contributed by atoms with Gasteiger partial charge in [0.1, 0.15) is 16.7 Å². The zero-order valence-corrected chi connectivity index (χ0v) is 27.4. The van der Waals surface area contributed by atoms with Gasteiger partial charge in [0.25, 0.3) is 10.1 Å². The molecule has 2 aromatic carbocycles. The van der Waals surface area contributed by atoms with Gasteiger partial charge in [-0.25, -0.2) is 8.42 Å². The zero-order chi connectivity index (χ0) is 31.8. The summed E-state index contributed by atoms with van der Waals surface area (Å²) < 4.78 is 70.7. The number of anilines is 1. The monoisotopic (exact) mass is 626 g/mol. The second kappa shape index (κ2) is 12.1. The molecule has 0 unspecified atom stereocenters. The SMILES string of the molecule is CCCCCC[N+]1=C(/C=C/C=C/C=C2/N(CC)c3ccc(S(=O)(=O)[O-])cc3C2(C)C)C(C)(C)c2cc(S(=O)(=O)O)ccc21. The molecule has 43 heavy (non-hydrogen) atoms. The number of allylic oxidation sites excluding steroid dienone is 6. The van der Waals surface area contributed by atoms with Crippen LogP contribution in [0.3, 0.4) is 0 Å². The van der Waals surface area contributed by atoms with Crippen LogP contribution in [0, 0.1) is 0 Å². The summed E-state index contributed by atoms with van der Waals surface area (Å²) in [6.45, 7) is 13.8. The maximum atomic E-state index is 11.9. The van der Waals surface area contributed by atoms with Crippen molar-refractivity contribution in [3.8, 4) is 0 Å². The first-order valence-corrected chi connectivity index (χ1v) is 17.6. The van der Waals surface area contributed by atoms with Crippen molar-refractivity contribution in [1.29, 1.82) is 0 Å². The summed E-state index contributed by atoms with van der Waals surface area (Å²) in [6, 6.07) is 9.38. The number of unbranched alkanes of at least 4 members (excludes halogenated alkanes) is 3. The van der Waals surface area contributed by atoms with Gasteiger partial charge in [-0.2, -0.15) is 13.0 Å². The molecule has 232 valence electrons. The summed E-state index contributed by atoms with van der Waals surface area (Å²) in [4.78, 5) is 1.79. The lowest BCUT2D eigenvalue weighted by atomic mass is 9.81. The lowest BCUT2D eigenvalue weighted by molar-refractivity contribution is -0.438. The van der Waals surface area contributed by atoms with E-state index >= 15 is 0 Å². The number of likely N-dealkylation sites (N-methyl/N-ethyl adjacent to an activating group) is 1. The average Bonchev–Trinajstić information content (AvgIpc) is 3.27. The molecule has 2 aliphatic heterocycles. The van der Waals surface area contributed by atoms with Crippen LogP contribution in [-0.4, -0.2) is 49.3 Å². The molecule has 0 bridgehead atoms. The van der Waals surface area contributed by atoms with Crippen molar-refractivity contribution in [3.63, 3.8) is 0 Å². The van der Waals surface area contributed by atoms with E-state index in [9.17, 15) is 25.9 Å². The number of nitrogens with zero attached hydrogens (tertiary/aromatic N) is 2. The standard InChI is InChI=1S/C33H42N2O6S2/c1-7-9-10-14-21-35-29-20-18-25(43(39,40)41)23-27(29)33(5,6)31(35)16-13-11-12-15-30-32(3,4)26-22-24(42(36,37)38)17-19-28(26)34(30)8-2/h11-13,15-20,22-23H,7-10,14,21H2,1-6H3,(H-,36,37,38,39,40,41). The van der Waals surface area contributed by atoms with Gasteiger partial charge >= 0.3 is 0 Å². The van der Waals surface area contributed by atoms with Crippen molar-refractivity contribution in [2.24, 2.45) is 0 Å². The van der Waals surface area contributed by atoms with Crippen LogP contribution in [0.2, 0.25) is 0 Å². The van der Waals surface area contributed by atoms with E-state index in [1.165, 1.54) is 18.2 Å². The van der Waals surface area contributed by atoms with E-state index in [-0.39, 0.29) is 9.79 Å². The molecule has 0 amide bonds. The Morgan fingerprint density at radius 3 is 2.16 bits per heavy atom. The molecular weight excluding hydrogens is 585 g/mol. The summed E-state index contributed by atoms with van der Waals surface area (Å²) in [5.41, 5.74) is 4.52. The maximum absolute atomic E-state index is 11.9. The Kier molecular flexibility index (Phi) is 9.28. The van der Waals surface area contributed by atoms with Crippen molar-refractivity contribution in [2.75, 3.05) is 18.0 Å². The topological polar surface area (TPSA) is 118 Å². The average molecular weight is 627 g/mol. The third kappa shape index (κ3) is 6.43. The largest absolute Gasteiger partial charge is 0.744 e. The molecule has 2 heterocycles. The lowest BCUT2D eigenvalue weighted by Crippen LogP contribution is -2.28. The van der Waals surface area contributed by atoms with Crippen molar-refractivity contribution < 1.29 is 30.5 Å². The Balaban J connectivity index is 1.66. The molecule has 4 rings (SSSR count). The number of hydrogen-bond donors (Lipinski definition) is 1. The van der Waals surface area contributed by atoms with E-state index in [0.29, 0.717) is 6.54 Å². The van der Waals surface area contributed by atoms with Crippen LogP contribution in [0.4, 0.5) is 11.4 Å². The van der Waals surface area contributed by atoms with E-state index in [0.717, 1.165) is 66.1 Å². The van der Waals surface area contributed by atoms with Crippen LogP contribution in [0.5, 0.6) is 0 Å². The van der Waals surface area contributed by atoms with Crippen LogP contribution >= 0.6 is 0 Å². The molecule has 2 aromatic rings. The van der Waals surface area contributed by atoms with Crippen LogP contribution in [0.1, 0.15) is 78.4 Å². The summed E-state index contributed by atoms with van der Waals surface area (Å²) in [7, 11) is -8.89. The molecular formula is C33H42N2O6S2. The van der Waals surface area contributed by atoms with Crippen molar-refractivity contribution in [1.82, 2.24) is 0 Å². The van der Waals surface area contributed by atoms with Crippen LogP contribution in [0.15, 0.2) is 82.3 Å². The Morgan fingerprint density at radius 2 is 1.53 bits per heavy atom. The van der Waals surface area contributed by atoms with Gasteiger partial charge in [0, 0.05) is 47.5 Å². The lowest BCUT2D eigenvalue weighted by Gasteiger charge is -2.25. The Morgan fingerprint density at radius 1 is 0.860 bits per heavy atom. The normalized spacial score (nSPS) is 18.8. The number of hydrogen-bond acceptors (Lipinski definition) is 6. The molecule has 0 radical (unpaired) electrons. The van der Waals surface area contributed by atoms with Crippen molar-refractivity contribution in [2.45, 2.75) is 87.8 Å².